The Bertz CT molecular complexity index is 538. The smallest absolute Gasteiger partial charge is 0.419 e. The second kappa shape index (κ2) is 6.00. The van der Waals surface area contributed by atoms with Gasteiger partial charge >= 0.3 is 6.18 Å². The Morgan fingerprint density at radius 3 is 2.55 bits per heavy atom. The maximum Gasteiger partial charge on any atom is 0.419 e. The summed E-state index contributed by atoms with van der Waals surface area (Å²) < 4.78 is 49.1. The number of furan rings is 1. The third-order valence-corrected chi connectivity index (χ3v) is 2.81. The van der Waals surface area contributed by atoms with Gasteiger partial charge in [0.05, 0.1) is 18.1 Å². The first-order valence-electron chi connectivity index (χ1n) is 6.07. The van der Waals surface area contributed by atoms with Crippen molar-refractivity contribution in [2.45, 2.75) is 18.7 Å². The van der Waals surface area contributed by atoms with E-state index < -0.39 is 17.8 Å². The van der Waals surface area contributed by atoms with Crippen molar-refractivity contribution in [3.63, 3.8) is 0 Å². The fraction of sp³-hybridized carbons (Fsp3) is 0.286. The largest absolute Gasteiger partial charge is 0.485 e. The first kappa shape index (κ1) is 14.5. The molecular weight excluding hydrogens is 271 g/mol. The number of ether oxygens (including phenoxy) is 1. The number of alkyl halides is 3. The van der Waals surface area contributed by atoms with Gasteiger partial charge in [0.15, 0.2) is 0 Å². The van der Waals surface area contributed by atoms with Gasteiger partial charge in [0.25, 0.3) is 0 Å². The van der Waals surface area contributed by atoms with Crippen molar-refractivity contribution in [2.24, 2.45) is 5.73 Å². The molecule has 0 aliphatic heterocycles. The highest BCUT2D eigenvalue weighted by Crippen LogP contribution is 2.38. The summed E-state index contributed by atoms with van der Waals surface area (Å²) in [6.07, 6.45) is -1.75. The quantitative estimate of drug-likeness (QED) is 0.909. The highest BCUT2D eigenvalue weighted by molar-refractivity contribution is 5.36. The molecule has 0 bridgehead atoms. The SMILES string of the molecule is NCCC(Oc1ccccc1C(F)(F)F)c1ccoc1. The average molecular weight is 285 g/mol. The summed E-state index contributed by atoms with van der Waals surface area (Å²) in [6.45, 7) is 0.296. The van der Waals surface area contributed by atoms with Crippen LogP contribution in [0, 0.1) is 0 Å². The van der Waals surface area contributed by atoms with Crippen LogP contribution in [0.15, 0.2) is 47.3 Å². The number of rotatable bonds is 5. The first-order chi connectivity index (χ1) is 9.52. The molecule has 2 aromatic rings. The summed E-state index contributed by atoms with van der Waals surface area (Å²) in [7, 11) is 0. The van der Waals surface area contributed by atoms with Crippen LogP contribution in [0.2, 0.25) is 0 Å². The van der Waals surface area contributed by atoms with Crippen LogP contribution < -0.4 is 10.5 Å². The maximum atomic E-state index is 12.9. The summed E-state index contributed by atoms with van der Waals surface area (Å²) in [5, 5.41) is 0. The summed E-state index contributed by atoms with van der Waals surface area (Å²) >= 11 is 0. The lowest BCUT2D eigenvalue weighted by Crippen LogP contribution is -2.15. The molecular formula is C14H14F3NO2. The molecule has 0 aliphatic carbocycles. The van der Waals surface area contributed by atoms with E-state index in [2.05, 4.69) is 0 Å². The molecule has 0 aliphatic rings. The zero-order valence-corrected chi connectivity index (χ0v) is 10.6. The monoisotopic (exact) mass is 285 g/mol. The van der Waals surface area contributed by atoms with Crippen LogP contribution in [0.3, 0.4) is 0 Å². The van der Waals surface area contributed by atoms with Gasteiger partial charge < -0.3 is 14.9 Å². The predicted octanol–water partition coefficient (Wildman–Crippen LogP) is 3.77. The molecule has 1 aromatic carbocycles. The first-order valence-corrected chi connectivity index (χ1v) is 6.07. The zero-order valence-electron chi connectivity index (χ0n) is 10.6. The molecule has 1 heterocycles. The fourth-order valence-corrected chi connectivity index (χ4v) is 1.86. The minimum absolute atomic E-state index is 0.209. The van der Waals surface area contributed by atoms with Crippen LogP contribution in [-0.4, -0.2) is 6.54 Å². The van der Waals surface area contributed by atoms with Gasteiger partial charge in [-0.25, -0.2) is 0 Å². The summed E-state index contributed by atoms with van der Waals surface area (Å²) in [5.74, 6) is -0.209. The Balaban J connectivity index is 2.28. The van der Waals surface area contributed by atoms with E-state index in [4.69, 9.17) is 14.9 Å². The van der Waals surface area contributed by atoms with Crippen molar-refractivity contribution in [1.82, 2.24) is 0 Å². The third-order valence-electron chi connectivity index (χ3n) is 2.81. The van der Waals surface area contributed by atoms with Gasteiger partial charge in [0.2, 0.25) is 0 Å². The van der Waals surface area contributed by atoms with Crippen LogP contribution in [0.1, 0.15) is 23.7 Å². The number of nitrogens with two attached hydrogens (primary N) is 1. The third kappa shape index (κ3) is 3.33. The van der Waals surface area contributed by atoms with Crippen LogP contribution in [-0.2, 0) is 6.18 Å². The van der Waals surface area contributed by atoms with Gasteiger partial charge in [-0.2, -0.15) is 13.2 Å². The van der Waals surface area contributed by atoms with Gasteiger partial charge in [-0.3, -0.25) is 0 Å². The molecule has 1 atom stereocenters. The Labute approximate surface area is 114 Å². The molecule has 6 heteroatoms. The number of hydrogen-bond donors (Lipinski definition) is 1. The highest BCUT2D eigenvalue weighted by atomic mass is 19.4. The van der Waals surface area contributed by atoms with Gasteiger partial charge in [-0.1, -0.05) is 12.1 Å². The Morgan fingerprint density at radius 2 is 1.95 bits per heavy atom. The molecule has 2 rings (SSSR count). The lowest BCUT2D eigenvalue weighted by molar-refractivity contribution is -0.139. The average Bonchev–Trinajstić information content (AvgIpc) is 2.91. The standard InChI is InChI=1S/C14H14F3NO2/c15-14(16,17)11-3-1-2-4-13(11)20-12(5-7-18)10-6-8-19-9-10/h1-4,6,8-9,12H,5,7,18H2. The zero-order chi connectivity index (χ0) is 14.6. The minimum atomic E-state index is -4.46. The maximum absolute atomic E-state index is 12.9. The van der Waals surface area contributed by atoms with Crippen LogP contribution >= 0.6 is 0 Å². The van der Waals surface area contributed by atoms with E-state index >= 15 is 0 Å². The molecule has 20 heavy (non-hydrogen) atoms. The number of hydrogen-bond acceptors (Lipinski definition) is 3. The van der Waals surface area contributed by atoms with E-state index in [1.165, 1.54) is 30.7 Å². The van der Waals surface area contributed by atoms with E-state index in [0.717, 1.165) is 6.07 Å². The number of halogens is 3. The lowest BCUT2D eigenvalue weighted by atomic mass is 10.1. The number of benzene rings is 1. The van der Waals surface area contributed by atoms with Crippen LogP contribution in [0.5, 0.6) is 5.75 Å². The molecule has 0 amide bonds. The van der Waals surface area contributed by atoms with E-state index in [1.54, 1.807) is 6.07 Å². The lowest BCUT2D eigenvalue weighted by Gasteiger charge is -2.20. The van der Waals surface area contributed by atoms with Gasteiger partial charge in [0.1, 0.15) is 11.9 Å². The summed E-state index contributed by atoms with van der Waals surface area (Å²) in [4.78, 5) is 0. The molecule has 108 valence electrons. The normalized spacial score (nSPS) is 13.2. The van der Waals surface area contributed by atoms with Crippen molar-refractivity contribution in [3.05, 3.63) is 54.0 Å². The van der Waals surface area contributed by atoms with Crippen molar-refractivity contribution < 1.29 is 22.3 Å². The Hall–Kier alpha value is -1.95. The van der Waals surface area contributed by atoms with Gasteiger partial charge in [-0.15, -0.1) is 0 Å². The van der Waals surface area contributed by atoms with Crippen molar-refractivity contribution in [2.75, 3.05) is 6.54 Å². The van der Waals surface area contributed by atoms with Crippen LogP contribution in [0.4, 0.5) is 13.2 Å². The van der Waals surface area contributed by atoms with E-state index in [-0.39, 0.29) is 5.75 Å². The Kier molecular flexibility index (Phi) is 4.34. The molecule has 1 aromatic heterocycles. The second-order valence-corrected chi connectivity index (χ2v) is 4.23. The van der Waals surface area contributed by atoms with Crippen molar-refractivity contribution >= 4 is 0 Å². The van der Waals surface area contributed by atoms with Gasteiger partial charge in [-0.05, 0) is 24.7 Å². The van der Waals surface area contributed by atoms with Crippen LogP contribution in [0.25, 0.3) is 0 Å². The topological polar surface area (TPSA) is 48.4 Å². The molecule has 0 saturated carbocycles. The molecule has 0 radical (unpaired) electrons. The fourth-order valence-electron chi connectivity index (χ4n) is 1.86. The summed E-state index contributed by atoms with van der Waals surface area (Å²) in [6, 6.07) is 6.76. The van der Waals surface area contributed by atoms with Gasteiger partial charge in [0, 0.05) is 12.0 Å². The molecule has 0 spiro atoms. The molecule has 3 nitrogen and oxygen atoms in total. The molecule has 0 saturated heterocycles. The second-order valence-electron chi connectivity index (χ2n) is 4.23. The van der Waals surface area contributed by atoms with E-state index in [1.807, 2.05) is 0 Å². The highest BCUT2D eigenvalue weighted by Gasteiger charge is 2.34. The molecule has 0 fully saturated rings. The predicted molar refractivity (Wildman–Crippen MR) is 67.2 cm³/mol. The number of para-hydroxylation sites is 1. The van der Waals surface area contributed by atoms with Crippen molar-refractivity contribution in [3.8, 4) is 5.75 Å². The summed E-state index contributed by atoms with van der Waals surface area (Å²) in [5.41, 5.74) is 5.34. The minimum Gasteiger partial charge on any atom is -0.485 e. The van der Waals surface area contributed by atoms with Crippen molar-refractivity contribution in [1.29, 1.82) is 0 Å². The van der Waals surface area contributed by atoms with E-state index in [0.29, 0.717) is 18.5 Å². The molecule has 2 N–H and O–H groups in total. The molecule has 1 unspecified atom stereocenters. The Morgan fingerprint density at radius 1 is 1.20 bits per heavy atom. The van der Waals surface area contributed by atoms with E-state index in [9.17, 15) is 13.2 Å².